The van der Waals surface area contributed by atoms with Gasteiger partial charge in [-0.2, -0.15) is 0 Å². The minimum atomic E-state index is -1.07. The van der Waals surface area contributed by atoms with Crippen molar-refractivity contribution in [2.24, 2.45) is 0 Å². The maximum absolute atomic E-state index is 13.9. The van der Waals surface area contributed by atoms with Crippen molar-refractivity contribution in [1.82, 2.24) is 0 Å². The van der Waals surface area contributed by atoms with E-state index in [1.54, 1.807) is 12.1 Å². The summed E-state index contributed by atoms with van der Waals surface area (Å²) in [5.41, 5.74) is 1.99. The van der Waals surface area contributed by atoms with Gasteiger partial charge < -0.3 is 9.84 Å². The van der Waals surface area contributed by atoms with Gasteiger partial charge >= 0.3 is 5.97 Å². The van der Waals surface area contributed by atoms with Crippen molar-refractivity contribution in [2.75, 3.05) is 0 Å². The van der Waals surface area contributed by atoms with Crippen LogP contribution in [0.4, 0.5) is 4.39 Å². The zero-order valence-electron chi connectivity index (χ0n) is 11.5. The predicted octanol–water partition coefficient (Wildman–Crippen LogP) is 3.81. The van der Waals surface area contributed by atoms with Gasteiger partial charge in [-0.3, -0.25) is 0 Å². The van der Waals surface area contributed by atoms with Crippen LogP contribution in [-0.2, 0) is 11.4 Å². The van der Waals surface area contributed by atoms with Crippen LogP contribution in [0.2, 0.25) is 0 Å². The van der Waals surface area contributed by atoms with Gasteiger partial charge in [0.25, 0.3) is 0 Å². The first kappa shape index (κ1) is 14.8. The first-order valence-corrected chi connectivity index (χ1v) is 6.43. The lowest BCUT2D eigenvalue weighted by molar-refractivity contribution is -0.131. The molecular formula is C17H15FO3. The van der Waals surface area contributed by atoms with Gasteiger partial charge in [0.15, 0.2) is 0 Å². The number of hydrogen-bond donors (Lipinski definition) is 1. The Labute approximate surface area is 122 Å². The fourth-order valence-corrected chi connectivity index (χ4v) is 1.82. The van der Waals surface area contributed by atoms with E-state index in [4.69, 9.17) is 9.84 Å². The first-order chi connectivity index (χ1) is 10.0. The van der Waals surface area contributed by atoms with E-state index < -0.39 is 11.8 Å². The first-order valence-electron chi connectivity index (χ1n) is 6.43. The van der Waals surface area contributed by atoms with Crippen LogP contribution in [-0.4, -0.2) is 11.1 Å². The average Bonchev–Trinajstić information content (AvgIpc) is 2.44. The number of ether oxygens (including phenoxy) is 1. The van der Waals surface area contributed by atoms with Gasteiger partial charge in [-0.15, -0.1) is 0 Å². The van der Waals surface area contributed by atoms with Gasteiger partial charge in [0.1, 0.15) is 18.2 Å². The highest BCUT2D eigenvalue weighted by Gasteiger charge is 2.04. The van der Waals surface area contributed by atoms with Crippen LogP contribution in [0.1, 0.15) is 16.7 Å². The number of rotatable bonds is 5. The molecule has 0 saturated carbocycles. The summed E-state index contributed by atoms with van der Waals surface area (Å²) in [5.74, 6) is -0.804. The van der Waals surface area contributed by atoms with Crippen LogP contribution >= 0.6 is 0 Å². The molecule has 2 rings (SSSR count). The van der Waals surface area contributed by atoms with Crippen molar-refractivity contribution in [3.05, 3.63) is 71.0 Å². The third-order valence-electron chi connectivity index (χ3n) is 2.88. The van der Waals surface area contributed by atoms with Crippen molar-refractivity contribution >= 4 is 12.0 Å². The molecule has 0 fully saturated rings. The molecule has 0 saturated heterocycles. The van der Waals surface area contributed by atoms with E-state index in [-0.39, 0.29) is 6.61 Å². The number of carboxylic acid groups (broad SMARTS) is 1. The van der Waals surface area contributed by atoms with Gasteiger partial charge in [0.2, 0.25) is 0 Å². The molecule has 0 heterocycles. The molecule has 0 radical (unpaired) electrons. The van der Waals surface area contributed by atoms with Gasteiger partial charge in [-0.1, -0.05) is 24.3 Å². The minimum absolute atomic E-state index is 0.123. The van der Waals surface area contributed by atoms with Crippen molar-refractivity contribution in [3.8, 4) is 5.75 Å². The molecule has 2 aromatic rings. The van der Waals surface area contributed by atoms with E-state index in [0.29, 0.717) is 16.9 Å². The van der Waals surface area contributed by atoms with Crippen molar-refractivity contribution in [1.29, 1.82) is 0 Å². The topological polar surface area (TPSA) is 46.5 Å². The molecule has 0 aliphatic heterocycles. The van der Waals surface area contributed by atoms with Crippen LogP contribution in [0.5, 0.6) is 5.75 Å². The summed E-state index contributed by atoms with van der Waals surface area (Å²) >= 11 is 0. The lowest BCUT2D eigenvalue weighted by Gasteiger charge is -2.08. The standard InChI is InChI=1S/C17H15FO3/c1-12-3-2-4-15(9-12)21-11-14-7-5-13(10-16(14)18)6-8-17(19)20/h2-10H,11H2,1H3,(H,19,20). The van der Waals surface area contributed by atoms with E-state index >= 15 is 0 Å². The van der Waals surface area contributed by atoms with Crippen LogP contribution in [0.3, 0.4) is 0 Å². The van der Waals surface area contributed by atoms with Gasteiger partial charge in [-0.05, 0) is 42.3 Å². The molecular weight excluding hydrogens is 271 g/mol. The maximum atomic E-state index is 13.9. The zero-order valence-corrected chi connectivity index (χ0v) is 11.5. The fourth-order valence-electron chi connectivity index (χ4n) is 1.82. The molecule has 0 amide bonds. The summed E-state index contributed by atoms with van der Waals surface area (Å²) in [6.07, 6.45) is 2.31. The van der Waals surface area contributed by atoms with Crippen molar-refractivity contribution < 1.29 is 19.0 Å². The molecule has 0 aliphatic carbocycles. The molecule has 0 unspecified atom stereocenters. The van der Waals surface area contributed by atoms with E-state index in [1.807, 2.05) is 31.2 Å². The highest BCUT2D eigenvalue weighted by molar-refractivity contribution is 5.85. The lowest BCUT2D eigenvalue weighted by Crippen LogP contribution is -1.99. The van der Waals surface area contributed by atoms with E-state index in [0.717, 1.165) is 11.6 Å². The second-order valence-electron chi connectivity index (χ2n) is 4.63. The number of carbonyl (C=O) groups is 1. The Kier molecular flexibility index (Phi) is 4.72. The summed E-state index contributed by atoms with van der Waals surface area (Å²) < 4.78 is 19.4. The van der Waals surface area contributed by atoms with E-state index in [9.17, 15) is 9.18 Å². The Morgan fingerprint density at radius 3 is 2.76 bits per heavy atom. The molecule has 1 N–H and O–H groups in total. The molecule has 0 atom stereocenters. The Bertz CT molecular complexity index is 677. The van der Waals surface area contributed by atoms with E-state index in [1.165, 1.54) is 12.1 Å². The fraction of sp³-hybridized carbons (Fsp3) is 0.118. The Hall–Kier alpha value is -2.62. The van der Waals surface area contributed by atoms with Gasteiger partial charge in [0.05, 0.1) is 0 Å². The number of carboxylic acids is 1. The summed E-state index contributed by atoms with van der Waals surface area (Å²) in [6, 6.07) is 12.0. The quantitative estimate of drug-likeness (QED) is 0.850. The predicted molar refractivity (Wildman–Crippen MR) is 78.6 cm³/mol. The number of hydrogen-bond acceptors (Lipinski definition) is 2. The largest absolute Gasteiger partial charge is 0.489 e. The highest BCUT2D eigenvalue weighted by Crippen LogP contribution is 2.17. The summed E-state index contributed by atoms with van der Waals surface area (Å²) in [4.78, 5) is 10.4. The summed E-state index contributed by atoms with van der Waals surface area (Å²) in [6.45, 7) is 2.08. The van der Waals surface area contributed by atoms with Gasteiger partial charge in [-0.25, -0.2) is 9.18 Å². The Morgan fingerprint density at radius 2 is 2.10 bits per heavy atom. The second kappa shape index (κ2) is 6.70. The maximum Gasteiger partial charge on any atom is 0.328 e. The normalized spacial score (nSPS) is 10.8. The molecule has 0 spiro atoms. The third kappa shape index (κ3) is 4.45. The third-order valence-corrected chi connectivity index (χ3v) is 2.88. The molecule has 4 heteroatoms. The van der Waals surface area contributed by atoms with Gasteiger partial charge in [0, 0.05) is 11.6 Å². The Morgan fingerprint density at radius 1 is 1.29 bits per heavy atom. The average molecular weight is 286 g/mol. The van der Waals surface area contributed by atoms with E-state index in [2.05, 4.69) is 0 Å². The summed E-state index contributed by atoms with van der Waals surface area (Å²) in [5, 5.41) is 8.53. The molecule has 0 bridgehead atoms. The van der Waals surface area contributed by atoms with Crippen LogP contribution in [0, 0.1) is 12.7 Å². The molecule has 108 valence electrons. The summed E-state index contributed by atoms with van der Waals surface area (Å²) in [7, 11) is 0. The highest BCUT2D eigenvalue weighted by atomic mass is 19.1. The van der Waals surface area contributed by atoms with Crippen molar-refractivity contribution in [2.45, 2.75) is 13.5 Å². The number of aryl methyl sites for hydroxylation is 1. The molecule has 3 nitrogen and oxygen atoms in total. The second-order valence-corrected chi connectivity index (χ2v) is 4.63. The van der Waals surface area contributed by atoms with Crippen LogP contribution < -0.4 is 4.74 Å². The molecule has 21 heavy (non-hydrogen) atoms. The molecule has 2 aromatic carbocycles. The monoisotopic (exact) mass is 286 g/mol. The zero-order chi connectivity index (χ0) is 15.2. The smallest absolute Gasteiger partial charge is 0.328 e. The number of benzene rings is 2. The number of aliphatic carboxylic acids is 1. The SMILES string of the molecule is Cc1cccc(OCc2ccc(C=CC(=O)O)cc2F)c1. The molecule has 0 aliphatic rings. The van der Waals surface area contributed by atoms with Crippen LogP contribution in [0.25, 0.3) is 6.08 Å². The van der Waals surface area contributed by atoms with Crippen LogP contribution in [0.15, 0.2) is 48.5 Å². The number of halogens is 1. The molecule has 0 aromatic heterocycles. The Balaban J connectivity index is 2.06. The minimum Gasteiger partial charge on any atom is -0.489 e. The lowest BCUT2D eigenvalue weighted by atomic mass is 10.1. The van der Waals surface area contributed by atoms with Crippen molar-refractivity contribution in [3.63, 3.8) is 0 Å².